The van der Waals surface area contributed by atoms with Gasteiger partial charge in [0.15, 0.2) is 0 Å². The van der Waals surface area contributed by atoms with Crippen molar-refractivity contribution in [2.75, 3.05) is 25.0 Å². The van der Waals surface area contributed by atoms with Crippen molar-refractivity contribution >= 4 is 50.7 Å². The van der Waals surface area contributed by atoms with E-state index in [0.717, 1.165) is 9.87 Å². The lowest BCUT2D eigenvalue weighted by Gasteiger charge is -2.32. The molecule has 38 heavy (non-hydrogen) atoms. The van der Waals surface area contributed by atoms with Crippen LogP contribution in [-0.4, -0.2) is 51.9 Å². The Labute approximate surface area is 233 Å². The van der Waals surface area contributed by atoms with Crippen LogP contribution < -0.4 is 14.4 Å². The van der Waals surface area contributed by atoms with Gasteiger partial charge in [-0.05, 0) is 55.8 Å². The molecule has 1 N–H and O–H groups in total. The first-order valence-electron chi connectivity index (χ1n) is 11.7. The summed E-state index contributed by atoms with van der Waals surface area (Å²) in [5.74, 6) is -0.840. The second kappa shape index (κ2) is 12.5. The Hall–Kier alpha value is -3.27. The topological polar surface area (TPSA) is 96.0 Å². The Morgan fingerprint density at radius 1 is 1.03 bits per heavy atom. The first-order chi connectivity index (χ1) is 18.0. The summed E-state index contributed by atoms with van der Waals surface area (Å²) >= 11 is 12.6. The summed E-state index contributed by atoms with van der Waals surface area (Å²) in [6.45, 7) is 2.76. The van der Waals surface area contributed by atoms with Gasteiger partial charge in [0.2, 0.25) is 11.8 Å². The minimum absolute atomic E-state index is 0.0157. The molecule has 0 bridgehead atoms. The van der Waals surface area contributed by atoms with Crippen molar-refractivity contribution in [3.8, 4) is 5.75 Å². The number of nitrogens with zero attached hydrogens (tertiary/aromatic N) is 2. The number of amides is 2. The molecular weight excluding hydrogens is 549 g/mol. The van der Waals surface area contributed by atoms with Gasteiger partial charge in [-0.25, -0.2) is 8.42 Å². The molecule has 11 heteroatoms. The van der Waals surface area contributed by atoms with E-state index in [4.69, 9.17) is 27.9 Å². The van der Waals surface area contributed by atoms with Crippen molar-refractivity contribution in [1.82, 2.24) is 10.2 Å². The van der Waals surface area contributed by atoms with Gasteiger partial charge in [0, 0.05) is 23.6 Å². The van der Waals surface area contributed by atoms with Crippen LogP contribution in [0.3, 0.4) is 0 Å². The number of hydrogen-bond donors (Lipinski definition) is 1. The smallest absolute Gasteiger partial charge is 0.264 e. The van der Waals surface area contributed by atoms with Crippen LogP contribution in [0.2, 0.25) is 10.0 Å². The van der Waals surface area contributed by atoms with Crippen molar-refractivity contribution in [3.63, 3.8) is 0 Å². The van der Waals surface area contributed by atoms with Gasteiger partial charge in [0.1, 0.15) is 18.3 Å². The van der Waals surface area contributed by atoms with E-state index in [0.29, 0.717) is 10.6 Å². The molecule has 8 nitrogen and oxygen atoms in total. The molecule has 0 aliphatic heterocycles. The number of carbonyl (C=O) groups excluding carboxylic acids is 2. The number of likely N-dealkylation sites (N-methyl/N-ethyl adjacent to an activating group) is 1. The van der Waals surface area contributed by atoms with Crippen molar-refractivity contribution < 1.29 is 22.7 Å². The fourth-order valence-electron chi connectivity index (χ4n) is 3.81. The molecule has 0 aliphatic carbocycles. The Morgan fingerprint density at radius 3 is 2.29 bits per heavy atom. The number of benzene rings is 3. The van der Waals surface area contributed by atoms with E-state index in [2.05, 4.69) is 5.32 Å². The third kappa shape index (κ3) is 6.59. The van der Waals surface area contributed by atoms with Crippen molar-refractivity contribution in [2.24, 2.45) is 0 Å². The monoisotopic (exact) mass is 577 g/mol. The molecule has 0 unspecified atom stereocenters. The van der Waals surface area contributed by atoms with Crippen LogP contribution in [0.4, 0.5) is 5.69 Å². The molecule has 0 spiro atoms. The number of methoxy groups -OCH3 is 1. The van der Waals surface area contributed by atoms with E-state index in [1.807, 2.05) is 6.92 Å². The first kappa shape index (κ1) is 29.3. The van der Waals surface area contributed by atoms with Gasteiger partial charge in [0.05, 0.1) is 17.7 Å². The largest absolute Gasteiger partial charge is 0.495 e. The predicted molar refractivity (Wildman–Crippen MR) is 149 cm³/mol. The van der Waals surface area contributed by atoms with Crippen LogP contribution in [0.1, 0.15) is 18.1 Å². The lowest BCUT2D eigenvalue weighted by Crippen LogP contribution is -2.50. The van der Waals surface area contributed by atoms with E-state index in [1.54, 1.807) is 49.4 Å². The molecular formula is C27H29Cl2N3O5S. The standard InChI is InChI=1S/C27H29Cl2N3O5S/c1-18-9-12-22(13-10-18)38(35,36)32(24-15-21(28)11-14-25(24)37-4)17-26(33)31(19(2)27(34)30-3)16-20-7-5-6-8-23(20)29/h5-15,19H,16-17H2,1-4H3,(H,30,34)/t19-/m0/s1. The van der Waals surface area contributed by atoms with E-state index in [-0.39, 0.29) is 27.9 Å². The summed E-state index contributed by atoms with van der Waals surface area (Å²) in [5, 5.41) is 3.20. The summed E-state index contributed by atoms with van der Waals surface area (Å²) in [7, 11) is -1.41. The van der Waals surface area contributed by atoms with E-state index in [9.17, 15) is 18.0 Å². The van der Waals surface area contributed by atoms with Gasteiger partial charge in [-0.15, -0.1) is 0 Å². The Bertz CT molecular complexity index is 1410. The Kier molecular flexibility index (Phi) is 9.65. The number of sulfonamides is 1. The maximum Gasteiger partial charge on any atom is 0.264 e. The average molecular weight is 579 g/mol. The number of rotatable bonds is 10. The summed E-state index contributed by atoms with van der Waals surface area (Å²) in [6, 6.07) is 16.8. The third-order valence-electron chi connectivity index (χ3n) is 6.01. The van der Waals surface area contributed by atoms with Crippen LogP contribution in [0.5, 0.6) is 5.75 Å². The molecule has 0 aromatic heterocycles. The van der Waals surface area contributed by atoms with Crippen molar-refractivity contribution in [2.45, 2.75) is 31.3 Å². The molecule has 3 aromatic carbocycles. The number of carbonyl (C=O) groups is 2. The highest BCUT2D eigenvalue weighted by atomic mass is 35.5. The van der Waals surface area contributed by atoms with Crippen LogP contribution in [-0.2, 0) is 26.2 Å². The van der Waals surface area contributed by atoms with E-state index < -0.39 is 34.4 Å². The van der Waals surface area contributed by atoms with Crippen LogP contribution in [0, 0.1) is 6.92 Å². The average Bonchev–Trinajstić information content (AvgIpc) is 2.90. The quantitative estimate of drug-likeness (QED) is 0.378. The molecule has 0 heterocycles. The summed E-state index contributed by atoms with van der Waals surface area (Å²) in [5.41, 5.74) is 1.56. The highest BCUT2D eigenvalue weighted by molar-refractivity contribution is 7.92. The predicted octanol–water partition coefficient (Wildman–Crippen LogP) is 4.67. The fourth-order valence-corrected chi connectivity index (χ4v) is 5.59. The molecule has 202 valence electrons. The molecule has 0 fully saturated rings. The number of ether oxygens (including phenoxy) is 1. The van der Waals surface area contributed by atoms with Crippen molar-refractivity contribution in [3.05, 3.63) is 87.9 Å². The molecule has 0 radical (unpaired) electrons. The molecule has 0 saturated heterocycles. The zero-order chi connectivity index (χ0) is 28.0. The van der Waals surface area contributed by atoms with Gasteiger partial charge in [-0.2, -0.15) is 0 Å². The second-order valence-corrected chi connectivity index (χ2v) is 11.3. The zero-order valence-corrected chi connectivity index (χ0v) is 23.8. The Balaban J connectivity index is 2.12. The van der Waals surface area contributed by atoms with Gasteiger partial charge in [-0.3, -0.25) is 13.9 Å². The number of aryl methyl sites for hydroxylation is 1. The highest BCUT2D eigenvalue weighted by Gasteiger charge is 2.34. The van der Waals surface area contributed by atoms with Gasteiger partial charge in [-0.1, -0.05) is 59.1 Å². The van der Waals surface area contributed by atoms with Crippen LogP contribution in [0.25, 0.3) is 0 Å². The Morgan fingerprint density at radius 2 is 1.68 bits per heavy atom. The summed E-state index contributed by atoms with van der Waals surface area (Å²) < 4.78 is 34.2. The maximum absolute atomic E-state index is 13.9. The molecule has 3 aromatic rings. The van der Waals surface area contributed by atoms with Crippen molar-refractivity contribution in [1.29, 1.82) is 0 Å². The van der Waals surface area contributed by atoms with Crippen LogP contribution >= 0.6 is 23.2 Å². The molecule has 3 rings (SSSR count). The lowest BCUT2D eigenvalue weighted by molar-refractivity contribution is -0.139. The van der Waals surface area contributed by atoms with E-state index in [1.165, 1.54) is 43.3 Å². The minimum Gasteiger partial charge on any atom is -0.495 e. The number of halogens is 2. The fraction of sp³-hybridized carbons (Fsp3) is 0.259. The minimum atomic E-state index is -4.26. The lowest BCUT2D eigenvalue weighted by atomic mass is 10.1. The van der Waals surface area contributed by atoms with E-state index >= 15 is 0 Å². The molecule has 0 aliphatic rings. The summed E-state index contributed by atoms with van der Waals surface area (Å²) in [4.78, 5) is 27.7. The SMILES string of the molecule is CNC(=O)[C@H](C)N(Cc1ccccc1Cl)C(=O)CN(c1cc(Cl)ccc1OC)S(=O)(=O)c1ccc(C)cc1. The number of anilines is 1. The van der Waals surface area contributed by atoms with Crippen LogP contribution in [0.15, 0.2) is 71.6 Å². The number of hydrogen-bond acceptors (Lipinski definition) is 5. The summed E-state index contributed by atoms with van der Waals surface area (Å²) in [6.07, 6.45) is 0. The molecule has 2 amide bonds. The van der Waals surface area contributed by atoms with Gasteiger partial charge >= 0.3 is 0 Å². The molecule has 0 saturated carbocycles. The van der Waals surface area contributed by atoms with Gasteiger partial charge < -0.3 is 15.0 Å². The number of nitrogens with one attached hydrogen (secondary N) is 1. The first-order valence-corrected chi connectivity index (χ1v) is 13.9. The normalized spacial score (nSPS) is 11.9. The highest BCUT2D eigenvalue weighted by Crippen LogP contribution is 2.35. The maximum atomic E-state index is 13.9. The molecule has 1 atom stereocenters. The third-order valence-corrected chi connectivity index (χ3v) is 8.39. The van der Waals surface area contributed by atoms with Gasteiger partial charge in [0.25, 0.3) is 10.0 Å². The zero-order valence-electron chi connectivity index (χ0n) is 21.4. The second-order valence-electron chi connectivity index (χ2n) is 8.54.